The van der Waals surface area contributed by atoms with Crippen molar-refractivity contribution in [2.24, 2.45) is 0 Å². The van der Waals surface area contributed by atoms with Crippen LogP contribution in [0.3, 0.4) is 0 Å². The number of para-hydroxylation sites is 2. The van der Waals surface area contributed by atoms with Gasteiger partial charge < -0.3 is 19.8 Å². The molecule has 0 aliphatic carbocycles. The molecule has 128 valence electrons. The van der Waals surface area contributed by atoms with Crippen LogP contribution >= 0.6 is 0 Å². The van der Waals surface area contributed by atoms with E-state index >= 15 is 0 Å². The summed E-state index contributed by atoms with van der Waals surface area (Å²) in [5.41, 5.74) is 0.663. The fraction of sp³-hybridized carbons (Fsp3) is 0.333. The lowest BCUT2D eigenvalue weighted by molar-refractivity contribution is -0.116. The van der Waals surface area contributed by atoms with Gasteiger partial charge in [0.15, 0.2) is 5.76 Å². The third-order valence-corrected chi connectivity index (χ3v) is 3.23. The predicted octanol–water partition coefficient (Wildman–Crippen LogP) is 3.22. The molecule has 1 aromatic carbocycles. The Hall–Kier alpha value is -2.76. The normalized spacial score (nSPS) is 10.2. The van der Waals surface area contributed by atoms with E-state index in [1.54, 1.807) is 12.1 Å². The lowest BCUT2D eigenvalue weighted by atomic mass is 10.2. The third kappa shape index (κ3) is 5.46. The van der Waals surface area contributed by atoms with Gasteiger partial charge in [-0.2, -0.15) is 0 Å². The van der Waals surface area contributed by atoms with Crippen LogP contribution in [0.25, 0.3) is 0 Å². The molecule has 0 saturated heterocycles. The molecule has 0 fully saturated rings. The third-order valence-electron chi connectivity index (χ3n) is 3.23. The fourth-order valence-corrected chi connectivity index (χ4v) is 2.07. The van der Waals surface area contributed by atoms with Crippen LogP contribution in [0.1, 0.15) is 36.7 Å². The van der Waals surface area contributed by atoms with Gasteiger partial charge in [-0.25, -0.2) is 0 Å². The number of ether oxygens (including phenoxy) is 1. The Morgan fingerprint density at radius 2 is 2.00 bits per heavy atom. The van der Waals surface area contributed by atoms with Crippen LogP contribution in [0.2, 0.25) is 0 Å². The van der Waals surface area contributed by atoms with E-state index in [-0.39, 0.29) is 17.6 Å². The van der Waals surface area contributed by atoms with Crippen LogP contribution in [-0.2, 0) is 4.79 Å². The van der Waals surface area contributed by atoms with Crippen molar-refractivity contribution in [1.29, 1.82) is 0 Å². The average molecular weight is 330 g/mol. The molecule has 0 aliphatic heterocycles. The summed E-state index contributed by atoms with van der Waals surface area (Å²) < 4.78 is 10.6. The molecule has 0 unspecified atom stereocenters. The van der Waals surface area contributed by atoms with E-state index in [4.69, 9.17) is 9.15 Å². The molecule has 6 heteroatoms. The Balaban J connectivity index is 1.72. The number of rotatable bonds is 9. The molecule has 2 aromatic rings. The number of benzene rings is 1. The quantitative estimate of drug-likeness (QED) is 0.692. The summed E-state index contributed by atoms with van der Waals surface area (Å²) in [4.78, 5) is 23.7. The number of hydrogen-bond acceptors (Lipinski definition) is 4. The number of carbonyl (C=O) groups is 2. The van der Waals surface area contributed by atoms with E-state index in [0.29, 0.717) is 37.4 Å². The van der Waals surface area contributed by atoms with E-state index in [2.05, 4.69) is 10.6 Å². The summed E-state index contributed by atoms with van der Waals surface area (Å²) in [5, 5.41) is 5.55. The first-order valence-electron chi connectivity index (χ1n) is 8.04. The van der Waals surface area contributed by atoms with Gasteiger partial charge in [-0.3, -0.25) is 9.59 Å². The molecule has 2 N–H and O–H groups in total. The number of anilines is 1. The summed E-state index contributed by atoms with van der Waals surface area (Å²) in [6.07, 6.45) is 3.19. The second-order valence-electron chi connectivity index (χ2n) is 5.23. The standard InChI is InChI=1S/C18H22N2O4/c1-2-12-23-15-8-4-3-7-14(15)20-17(21)10-5-11-19-18(22)16-9-6-13-24-16/h3-4,6-9,13H,2,5,10-12H2,1H3,(H,19,22)(H,20,21). The first kappa shape index (κ1) is 17.6. The zero-order chi connectivity index (χ0) is 17.2. The summed E-state index contributed by atoms with van der Waals surface area (Å²) in [7, 11) is 0. The molecule has 1 aromatic heterocycles. The molecular weight excluding hydrogens is 308 g/mol. The highest BCUT2D eigenvalue weighted by molar-refractivity contribution is 5.92. The Bertz CT molecular complexity index is 653. The van der Waals surface area contributed by atoms with Crippen molar-refractivity contribution >= 4 is 17.5 Å². The molecule has 0 saturated carbocycles. The van der Waals surface area contributed by atoms with Crippen molar-refractivity contribution in [3.05, 3.63) is 48.4 Å². The van der Waals surface area contributed by atoms with Crippen LogP contribution in [0.15, 0.2) is 47.1 Å². The maximum absolute atomic E-state index is 12.0. The van der Waals surface area contributed by atoms with E-state index in [1.807, 2.05) is 31.2 Å². The highest BCUT2D eigenvalue weighted by atomic mass is 16.5. The van der Waals surface area contributed by atoms with Gasteiger partial charge >= 0.3 is 0 Å². The van der Waals surface area contributed by atoms with Gasteiger partial charge in [-0.15, -0.1) is 0 Å². The number of nitrogens with one attached hydrogen (secondary N) is 2. The molecule has 0 spiro atoms. The molecule has 24 heavy (non-hydrogen) atoms. The van der Waals surface area contributed by atoms with Crippen molar-refractivity contribution in [2.45, 2.75) is 26.2 Å². The SMILES string of the molecule is CCCOc1ccccc1NC(=O)CCCNC(=O)c1ccco1. The maximum atomic E-state index is 12.0. The van der Waals surface area contributed by atoms with E-state index in [1.165, 1.54) is 6.26 Å². The zero-order valence-electron chi connectivity index (χ0n) is 13.7. The first-order valence-corrected chi connectivity index (χ1v) is 8.04. The summed E-state index contributed by atoms with van der Waals surface area (Å²) in [6, 6.07) is 10.6. The van der Waals surface area contributed by atoms with E-state index in [0.717, 1.165) is 6.42 Å². The van der Waals surface area contributed by atoms with Gasteiger partial charge in [0.2, 0.25) is 5.91 Å². The second-order valence-corrected chi connectivity index (χ2v) is 5.23. The smallest absolute Gasteiger partial charge is 0.286 e. The Morgan fingerprint density at radius 1 is 1.17 bits per heavy atom. The molecule has 1 heterocycles. The molecular formula is C18H22N2O4. The van der Waals surface area contributed by atoms with Crippen molar-refractivity contribution < 1.29 is 18.7 Å². The number of amides is 2. The molecule has 0 atom stereocenters. The minimum Gasteiger partial charge on any atom is -0.491 e. The van der Waals surface area contributed by atoms with Crippen molar-refractivity contribution in [3.63, 3.8) is 0 Å². The van der Waals surface area contributed by atoms with Gasteiger partial charge in [0.25, 0.3) is 5.91 Å². The molecule has 0 bridgehead atoms. The lowest BCUT2D eigenvalue weighted by Gasteiger charge is -2.12. The summed E-state index contributed by atoms with van der Waals surface area (Å²) >= 11 is 0. The Labute approximate surface area is 141 Å². The molecule has 6 nitrogen and oxygen atoms in total. The number of furan rings is 1. The predicted molar refractivity (Wildman–Crippen MR) is 91.1 cm³/mol. The van der Waals surface area contributed by atoms with Crippen LogP contribution in [-0.4, -0.2) is 25.0 Å². The zero-order valence-corrected chi connectivity index (χ0v) is 13.7. The monoisotopic (exact) mass is 330 g/mol. The minimum atomic E-state index is -0.279. The van der Waals surface area contributed by atoms with Crippen molar-refractivity contribution in [3.8, 4) is 5.75 Å². The highest BCUT2D eigenvalue weighted by Gasteiger charge is 2.09. The van der Waals surface area contributed by atoms with Crippen LogP contribution in [0.4, 0.5) is 5.69 Å². The molecule has 2 rings (SSSR count). The summed E-state index contributed by atoms with van der Waals surface area (Å²) in [6.45, 7) is 3.03. The fourth-order valence-electron chi connectivity index (χ4n) is 2.07. The van der Waals surface area contributed by atoms with Crippen molar-refractivity contribution in [1.82, 2.24) is 5.32 Å². The number of carbonyl (C=O) groups excluding carboxylic acids is 2. The van der Waals surface area contributed by atoms with Gasteiger partial charge in [0.1, 0.15) is 5.75 Å². The minimum absolute atomic E-state index is 0.116. The molecule has 0 radical (unpaired) electrons. The van der Waals surface area contributed by atoms with Crippen LogP contribution < -0.4 is 15.4 Å². The topological polar surface area (TPSA) is 80.6 Å². The van der Waals surface area contributed by atoms with E-state index < -0.39 is 0 Å². The summed E-state index contributed by atoms with van der Waals surface area (Å²) in [5.74, 6) is 0.536. The Kier molecular flexibility index (Phi) is 6.89. The maximum Gasteiger partial charge on any atom is 0.286 e. The lowest BCUT2D eigenvalue weighted by Crippen LogP contribution is -2.25. The average Bonchev–Trinajstić information content (AvgIpc) is 3.12. The van der Waals surface area contributed by atoms with Crippen LogP contribution in [0.5, 0.6) is 5.75 Å². The number of hydrogen-bond donors (Lipinski definition) is 2. The highest BCUT2D eigenvalue weighted by Crippen LogP contribution is 2.24. The Morgan fingerprint density at radius 3 is 2.75 bits per heavy atom. The van der Waals surface area contributed by atoms with Gasteiger partial charge in [0, 0.05) is 13.0 Å². The van der Waals surface area contributed by atoms with Crippen molar-refractivity contribution in [2.75, 3.05) is 18.5 Å². The first-order chi connectivity index (χ1) is 11.7. The van der Waals surface area contributed by atoms with E-state index in [9.17, 15) is 9.59 Å². The van der Waals surface area contributed by atoms with Gasteiger partial charge in [-0.1, -0.05) is 19.1 Å². The van der Waals surface area contributed by atoms with Gasteiger partial charge in [0.05, 0.1) is 18.6 Å². The second kappa shape index (κ2) is 9.39. The molecule has 2 amide bonds. The largest absolute Gasteiger partial charge is 0.491 e. The molecule has 0 aliphatic rings. The van der Waals surface area contributed by atoms with Gasteiger partial charge in [-0.05, 0) is 37.1 Å². The van der Waals surface area contributed by atoms with Crippen LogP contribution in [0, 0.1) is 0 Å².